The summed E-state index contributed by atoms with van der Waals surface area (Å²) in [6, 6.07) is 8.89. The average Bonchev–Trinajstić information content (AvgIpc) is 2.18. The van der Waals surface area contributed by atoms with Crippen LogP contribution in [0.5, 0.6) is 0 Å². The lowest BCUT2D eigenvalue weighted by Crippen LogP contribution is -2.15. The van der Waals surface area contributed by atoms with Crippen LogP contribution in [0.3, 0.4) is 0 Å². The van der Waals surface area contributed by atoms with Crippen molar-refractivity contribution >= 4 is 21.4 Å². The van der Waals surface area contributed by atoms with E-state index in [1.807, 2.05) is 18.2 Å². The normalized spacial score (nSPS) is 10.7. The molecular formula is C10H9BrN2O. The predicted octanol–water partition coefficient (Wildman–Crippen LogP) is 1.52. The maximum atomic E-state index is 11.6. The number of aromatic nitrogens is 1. The molecule has 0 unspecified atom stereocenters. The molecule has 2 rings (SSSR count). The van der Waals surface area contributed by atoms with E-state index in [-0.39, 0.29) is 5.56 Å². The highest BCUT2D eigenvalue weighted by Crippen LogP contribution is 2.14. The Morgan fingerprint density at radius 2 is 2.07 bits per heavy atom. The van der Waals surface area contributed by atoms with Crippen molar-refractivity contribution in [2.75, 3.05) is 0 Å². The van der Waals surface area contributed by atoms with Gasteiger partial charge in [-0.15, -0.1) is 0 Å². The van der Waals surface area contributed by atoms with Gasteiger partial charge in [0.15, 0.2) is 0 Å². The molecule has 72 valence electrons. The summed E-state index contributed by atoms with van der Waals surface area (Å²) in [7, 11) is 0. The smallest absolute Gasteiger partial charge is 0.255 e. The van der Waals surface area contributed by atoms with Crippen molar-refractivity contribution in [3.63, 3.8) is 0 Å². The SMILES string of the molecule is NCc1ccc(=O)n2c(Br)cccc12. The Hall–Kier alpha value is -1.13. The van der Waals surface area contributed by atoms with Crippen LogP contribution in [0.1, 0.15) is 5.56 Å². The van der Waals surface area contributed by atoms with Crippen molar-refractivity contribution in [3.8, 4) is 0 Å². The zero-order valence-corrected chi connectivity index (χ0v) is 8.99. The van der Waals surface area contributed by atoms with E-state index >= 15 is 0 Å². The molecule has 0 saturated heterocycles. The van der Waals surface area contributed by atoms with Gasteiger partial charge in [0, 0.05) is 12.6 Å². The fraction of sp³-hybridized carbons (Fsp3) is 0.100. The molecule has 0 atom stereocenters. The topological polar surface area (TPSA) is 47.5 Å². The summed E-state index contributed by atoms with van der Waals surface area (Å²) in [6.45, 7) is 0.431. The molecule has 4 heteroatoms. The number of nitrogens with two attached hydrogens (primary N) is 1. The van der Waals surface area contributed by atoms with Gasteiger partial charge in [0.25, 0.3) is 5.56 Å². The first-order chi connectivity index (χ1) is 6.74. The summed E-state index contributed by atoms with van der Waals surface area (Å²) in [5.41, 5.74) is 7.35. The summed E-state index contributed by atoms with van der Waals surface area (Å²) in [5, 5.41) is 0. The Morgan fingerprint density at radius 3 is 2.79 bits per heavy atom. The molecule has 0 aliphatic heterocycles. The van der Waals surface area contributed by atoms with Crippen molar-refractivity contribution in [3.05, 3.63) is 50.9 Å². The van der Waals surface area contributed by atoms with E-state index in [0.29, 0.717) is 6.54 Å². The molecular weight excluding hydrogens is 244 g/mol. The number of nitrogens with zero attached hydrogens (tertiary/aromatic N) is 1. The number of hydrogen-bond acceptors (Lipinski definition) is 2. The van der Waals surface area contributed by atoms with Gasteiger partial charge in [-0.1, -0.05) is 12.1 Å². The third kappa shape index (κ3) is 1.36. The predicted molar refractivity (Wildman–Crippen MR) is 59.3 cm³/mol. The van der Waals surface area contributed by atoms with Crippen LogP contribution in [-0.2, 0) is 6.54 Å². The molecule has 14 heavy (non-hydrogen) atoms. The molecule has 2 aromatic heterocycles. The number of pyridine rings is 2. The number of fused-ring (bicyclic) bond motifs is 1. The van der Waals surface area contributed by atoms with Gasteiger partial charge in [-0.25, -0.2) is 0 Å². The van der Waals surface area contributed by atoms with Gasteiger partial charge in [-0.3, -0.25) is 9.20 Å². The largest absolute Gasteiger partial charge is 0.326 e. The molecule has 2 aromatic rings. The number of hydrogen-bond donors (Lipinski definition) is 1. The van der Waals surface area contributed by atoms with E-state index in [4.69, 9.17) is 5.73 Å². The zero-order valence-electron chi connectivity index (χ0n) is 7.40. The molecule has 0 spiro atoms. The summed E-state index contributed by atoms with van der Waals surface area (Å²) >= 11 is 3.33. The van der Waals surface area contributed by atoms with Gasteiger partial charge in [-0.05, 0) is 33.6 Å². The van der Waals surface area contributed by atoms with Gasteiger partial charge in [0.2, 0.25) is 0 Å². The monoisotopic (exact) mass is 252 g/mol. The highest BCUT2D eigenvalue weighted by Gasteiger charge is 2.03. The standard InChI is InChI=1S/C10H9BrN2O/c11-9-3-1-2-8-7(6-12)4-5-10(14)13(8)9/h1-5H,6,12H2. The molecule has 0 radical (unpaired) electrons. The van der Waals surface area contributed by atoms with E-state index in [9.17, 15) is 4.79 Å². The number of halogens is 1. The van der Waals surface area contributed by atoms with Crippen molar-refractivity contribution in [2.24, 2.45) is 5.73 Å². The lowest BCUT2D eigenvalue weighted by molar-refractivity contribution is 1.00. The lowest BCUT2D eigenvalue weighted by atomic mass is 10.2. The first kappa shape index (κ1) is 9.43. The quantitative estimate of drug-likeness (QED) is 0.783. The van der Waals surface area contributed by atoms with Crippen molar-refractivity contribution in [2.45, 2.75) is 6.54 Å². The molecule has 0 saturated carbocycles. The van der Waals surface area contributed by atoms with Gasteiger partial charge < -0.3 is 5.73 Å². The van der Waals surface area contributed by atoms with E-state index < -0.39 is 0 Å². The van der Waals surface area contributed by atoms with Crippen LogP contribution in [0.2, 0.25) is 0 Å². The molecule has 0 amide bonds. The minimum Gasteiger partial charge on any atom is -0.326 e. The molecule has 3 nitrogen and oxygen atoms in total. The molecule has 0 aliphatic carbocycles. The van der Waals surface area contributed by atoms with Crippen LogP contribution >= 0.6 is 15.9 Å². The summed E-state index contributed by atoms with van der Waals surface area (Å²) in [4.78, 5) is 11.6. The minimum atomic E-state index is -0.0512. The highest BCUT2D eigenvalue weighted by molar-refractivity contribution is 9.10. The Bertz CT molecular complexity index is 533. The molecule has 2 heterocycles. The van der Waals surface area contributed by atoms with Crippen molar-refractivity contribution in [1.29, 1.82) is 0 Å². The van der Waals surface area contributed by atoms with Crippen molar-refractivity contribution < 1.29 is 0 Å². The Balaban J connectivity index is 2.99. The second-order valence-corrected chi connectivity index (χ2v) is 3.78. The first-order valence-electron chi connectivity index (χ1n) is 4.23. The van der Waals surface area contributed by atoms with Gasteiger partial charge in [0.05, 0.1) is 10.1 Å². The molecule has 0 fully saturated rings. The zero-order chi connectivity index (χ0) is 10.1. The van der Waals surface area contributed by atoms with Gasteiger partial charge >= 0.3 is 0 Å². The molecule has 0 aromatic carbocycles. The second-order valence-electron chi connectivity index (χ2n) is 2.97. The molecule has 0 aliphatic rings. The first-order valence-corrected chi connectivity index (χ1v) is 5.02. The van der Waals surface area contributed by atoms with Crippen molar-refractivity contribution in [1.82, 2.24) is 4.40 Å². The Kier molecular flexibility index (Phi) is 2.39. The number of rotatable bonds is 1. The fourth-order valence-corrected chi connectivity index (χ4v) is 1.98. The fourth-order valence-electron chi connectivity index (χ4n) is 1.46. The van der Waals surface area contributed by atoms with Gasteiger partial charge in [0.1, 0.15) is 0 Å². The van der Waals surface area contributed by atoms with Crippen LogP contribution in [0.15, 0.2) is 39.7 Å². The van der Waals surface area contributed by atoms with E-state index in [0.717, 1.165) is 15.7 Å². The Labute approximate surface area is 89.3 Å². The van der Waals surface area contributed by atoms with E-state index in [1.165, 1.54) is 6.07 Å². The average molecular weight is 253 g/mol. The van der Waals surface area contributed by atoms with Crippen LogP contribution in [-0.4, -0.2) is 4.40 Å². The summed E-state index contributed by atoms with van der Waals surface area (Å²) < 4.78 is 2.35. The minimum absolute atomic E-state index is 0.0512. The van der Waals surface area contributed by atoms with Gasteiger partial charge in [-0.2, -0.15) is 0 Å². The Morgan fingerprint density at radius 1 is 1.29 bits per heavy atom. The van der Waals surface area contributed by atoms with Crippen LogP contribution < -0.4 is 11.3 Å². The maximum Gasteiger partial charge on any atom is 0.255 e. The van der Waals surface area contributed by atoms with Crippen LogP contribution in [0.4, 0.5) is 0 Å². The third-order valence-corrected chi connectivity index (χ3v) is 2.76. The lowest BCUT2D eigenvalue weighted by Gasteiger charge is -2.06. The highest BCUT2D eigenvalue weighted by atomic mass is 79.9. The second kappa shape index (κ2) is 3.55. The molecule has 2 N–H and O–H groups in total. The molecule has 0 bridgehead atoms. The summed E-state index contributed by atoms with van der Waals surface area (Å²) in [6.07, 6.45) is 0. The van der Waals surface area contributed by atoms with E-state index in [2.05, 4.69) is 15.9 Å². The van der Waals surface area contributed by atoms with Crippen LogP contribution in [0.25, 0.3) is 5.52 Å². The summed E-state index contributed by atoms with van der Waals surface area (Å²) in [5.74, 6) is 0. The van der Waals surface area contributed by atoms with E-state index in [1.54, 1.807) is 10.5 Å². The third-order valence-electron chi connectivity index (χ3n) is 2.14. The maximum absolute atomic E-state index is 11.6. The van der Waals surface area contributed by atoms with Crippen LogP contribution in [0, 0.1) is 0 Å².